The quantitative estimate of drug-likeness (QED) is 0.390. The van der Waals surface area contributed by atoms with Gasteiger partial charge in [-0.05, 0) is 36.6 Å². The molecule has 2 aromatic rings. The summed E-state index contributed by atoms with van der Waals surface area (Å²) in [6.45, 7) is 6.10. The van der Waals surface area contributed by atoms with Gasteiger partial charge in [-0.3, -0.25) is 9.79 Å². The Morgan fingerprint density at radius 2 is 1.72 bits per heavy atom. The molecule has 0 saturated carbocycles. The van der Waals surface area contributed by atoms with E-state index in [9.17, 15) is 4.79 Å². The summed E-state index contributed by atoms with van der Waals surface area (Å²) < 4.78 is 5.68. The summed E-state index contributed by atoms with van der Waals surface area (Å²) in [7, 11) is 0. The van der Waals surface area contributed by atoms with Gasteiger partial charge in [0.1, 0.15) is 12.4 Å². The average molecular weight is 395 g/mol. The lowest BCUT2D eigenvalue weighted by atomic mass is 10.1. The number of para-hydroxylation sites is 1. The van der Waals surface area contributed by atoms with Gasteiger partial charge in [0, 0.05) is 32.6 Å². The molecule has 2 aromatic carbocycles. The Hall–Kier alpha value is -3.02. The molecular weight excluding hydrogens is 364 g/mol. The van der Waals surface area contributed by atoms with Gasteiger partial charge in [-0.2, -0.15) is 0 Å². The van der Waals surface area contributed by atoms with E-state index in [1.54, 1.807) is 0 Å². The lowest BCUT2D eigenvalue weighted by Crippen LogP contribution is -2.39. The average Bonchev–Trinajstić information content (AvgIpc) is 3.19. The van der Waals surface area contributed by atoms with Crippen LogP contribution in [0.4, 0.5) is 0 Å². The van der Waals surface area contributed by atoms with Gasteiger partial charge in [0.15, 0.2) is 5.96 Å². The molecule has 1 aliphatic heterocycles. The minimum absolute atomic E-state index is 0.200. The van der Waals surface area contributed by atoms with Crippen molar-refractivity contribution >= 4 is 11.9 Å². The second-order valence-corrected chi connectivity index (χ2v) is 6.97. The smallest absolute Gasteiger partial charge is 0.223 e. The Morgan fingerprint density at radius 1 is 1.03 bits per heavy atom. The molecule has 6 heteroatoms. The first-order valence-electron chi connectivity index (χ1n) is 10.3. The highest BCUT2D eigenvalue weighted by Crippen LogP contribution is 2.22. The number of nitrogens with zero attached hydrogens (tertiary/aromatic N) is 2. The van der Waals surface area contributed by atoms with Crippen molar-refractivity contribution in [2.75, 3.05) is 26.2 Å². The first-order chi connectivity index (χ1) is 14.3. The second-order valence-electron chi connectivity index (χ2n) is 6.97. The van der Waals surface area contributed by atoms with Gasteiger partial charge >= 0.3 is 0 Å². The number of hydrogen-bond acceptors (Lipinski definition) is 3. The van der Waals surface area contributed by atoms with E-state index in [2.05, 4.69) is 27.8 Å². The third-order valence-electron chi connectivity index (χ3n) is 4.76. The monoisotopic (exact) mass is 394 g/mol. The van der Waals surface area contributed by atoms with Crippen molar-refractivity contribution in [1.82, 2.24) is 15.5 Å². The predicted octanol–water partition coefficient (Wildman–Crippen LogP) is 2.94. The van der Waals surface area contributed by atoms with Crippen LogP contribution in [0.15, 0.2) is 59.6 Å². The highest BCUT2D eigenvalue weighted by Gasteiger charge is 2.22. The fraction of sp³-hybridized carbons (Fsp3) is 0.391. The van der Waals surface area contributed by atoms with Crippen molar-refractivity contribution in [3.05, 3.63) is 65.7 Å². The fourth-order valence-corrected chi connectivity index (χ4v) is 3.29. The third kappa shape index (κ3) is 6.52. The predicted molar refractivity (Wildman–Crippen MR) is 116 cm³/mol. The fourth-order valence-electron chi connectivity index (χ4n) is 3.29. The van der Waals surface area contributed by atoms with Crippen LogP contribution in [-0.4, -0.2) is 43.0 Å². The molecule has 0 fully saturated rings. The van der Waals surface area contributed by atoms with Crippen LogP contribution in [0.2, 0.25) is 0 Å². The minimum atomic E-state index is 0.200. The molecule has 1 heterocycles. The van der Waals surface area contributed by atoms with Crippen LogP contribution in [-0.2, 0) is 17.9 Å². The summed E-state index contributed by atoms with van der Waals surface area (Å²) in [5.74, 6) is 1.81. The number of amides is 1. The van der Waals surface area contributed by atoms with Crippen molar-refractivity contribution in [2.24, 2.45) is 4.99 Å². The number of hydrogen-bond donors (Lipinski definition) is 2. The van der Waals surface area contributed by atoms with Gasteiger partial charge in [0.05, 0.1) is 6.54 Å². The maximum Gasteiger partial charge on any atom is 0.223 e. The molecule has 154 valence electrons. The van der Waals surface area contributed by atoms with Crippen LogP contribution in [0.1, 0.15) is 30.9 Å². The summed E-state index contributed by atoms with van der Waals surface area (Å²) in [6, 6.07) is 18.0. The summed E-state index contributed by atoms with van der Waals surface area (Å²) in [5, 5.41) is 6.49. The molecule has 0 bridgehead atoms. The Kier molecular flexibility index (Phi) is 7.92. The molecule has 0 aliphatic carbocycles. The number of carbonyl (C=O) groups is 1. The van der Waals surface area contributed by atoms with E-state index in [1.165, 1.54) is 11.1 Å². The second kappa shape index (κ2) is 11.1. The third-order valence-corrected chi connectivity index (χ3v) is 4.76. The van der Waals surface area contributed by atoms with E-state index in [0.29, 0.717) is 26.1 Å². The highest BCUT2D eigenvalue weighted by molar-refractivity contribution is 5.80. The molecule has 29 heavy (non-hydrogen) atoms. The van der Waals surface area contributed by atoms with Crippen LogP contribution in [0.5, 0.6) is 5.75 Å². The summed E-state index contributed by atoms with van der Waals surface area (Å²) in [5.41, 5.74) is 2.52. The number of ether oxygens (including phenoxy) is 1. The van der Waals surface area contributed by atoms with E-state index in [1.807, 2.05) is 54.3 Å². The van der Waals surface area contributed by atoms with Crippen molar-refractivity contribution in [1.29, 1.82) is 0 Å². The first-order valence-corrected chi connectivity index (χ1v) is 10.3. The number of nitrogens with one attached hydrogen (secondary N) is 2. The van der Waals surface area contributed by atoms with Gasteiger partial charge in [-0.1, -0.05) is 42.5 Å². The first kappa shape index (κ1) is 20.7. The molecule has 0 unspecified atom stereocenters. The number of benzene rings is 2. The van der Waals surface area contributed by atoms with E-state index in [4.69, 9.17) is 4.74 Å². The van der Waals surface area contributed by atoms with Gasteiger partial charge in [-0.15, -0.1) is 0 Å². The molecule has 0 aromatic heterocycles. The van der Waals surface area contributed by atoms with Crippen LogP contribution in [0.3, 0.4) is 0 Å². The molecular formula is C23H30N4O2. The Balaban J connectivity index is 1.35. The molecule has 6 nitrogen and oxygen atoms in total. The molecule has 2 N–H and O–H groups in total. The molecule has 0 saturated heterocycles. The zero-order valence-corrected chi connectivity index (χ0v) is 17.1. The van der Waals surface area contributed by atoms with Gasteiger partial charge in [0.25, 0.3) is 0 Å². The van der Waals surface area contributed by atoms with Crippen LogP contribution in [0.25, 0.3) is 0 Å². The molecule has 0 atom stereocenters. The van der Waals surface area contributed by atoms with Crippen LogP contribution < -0.4 is 15.4 Å². The normalized spacial score (nSPS) is 13.1. The van der Waals surface area contributed by atoms with Gasteiger partial charge < -0.3 is 20.3 Å². The van der Waals surface area contributed by atoms with E-state index in [0.717, 1.165) is 37.8 Å². The van der Waals surface area contributed by atoms with E-state index in [-0.39, 0.29) is 5.91 Å². The molecule has 1 aliphatic rings. The molecule has 1 amide bonds. The Bertz CT molecular complexity index is 783. The number of fused-ring (bicyclic) bond motifs is 1. The standard InChI is InChI=1S/C23H30N4O2/c1-2-24-23(26-15-16-29-21-11-4-3-5-12-21)25-14-8-13-22(28)27-17-19-9-6-7-10-20(19)18-27/h3-7,9-12H,2,8,13-18H2,1H3,(H2,24,25,26). The molecule has 3 rings (SSSR count). The summed E-state index contributed by atoms with van der Waals surface area (Å²) >= 11 is 0. The maximum absolute atomic E-state index is 12.5. The lowest BCUT2D eigenvalue weighted by Gasteiger charge is -2.15. The van der Waals surface area contributed by atoms with E-state index < -0.39 is 0 Å². The largest absolute Gasteiger partial charge is 0.492 e. The molecule has 0 radical (unpaired) electrons. The van der Waals surface area contributed by atoms with E-state index >= 15 is 0 Å². The Labute approximate surface area is 173 Å². The van der Waals surface area contributed by atoms with Crippen molar-refractivity contribution in [3.63, 3.8) is 0 Å². The SMILES string of the molecule is CCNC(=NCCCC(=O)N1Cc2ccccc2C1)NCCOc1ccccc1. The number of aliphatic imine (C=N–C) groups is 1. The van der Waals surface area contributed by atoms with Crippen LogP contribution in [0, 0.1) is 0 Å². The number of guanidine groups is 1. The maximum atomic E-state index is 12.5. The summed E-state index contributed by atoms with van der Waals surface area (Å²) in [4.78, 5) is 19.0. The lowest BCUT2D eigenvalue weighted by molar-refractivity contribution is -0.131. The minimum Gasteiger partial charge on any atom is -0.492 e. The zero-order chi connectivity index (χ0) is 20.3. The topological polar surface area (TPSA) is 66.0 Å². The number of rotatable bonds is 9. The zero-order valence-electron chi connectivity index (χ0n) is 17.1. The van der Waals surface area contributed by atoms with Crippen molar-refractivity contribution in [3.8, 4) is 5.75 Å². The van der Waals surface area contributed by atoms with Crippen LogP contribution >= 0.6 is 0 Å². The number of carbonyl (C=O) groups excluding carboxylic acids is 1. The van der Waals surface area contributed by atoms with Gasteiger partial charge in [-0.25, -0.2) is 0 Å². The van der Waals surface area contributed by atoms with Crippen molar-refractivity contribution in [2.45, 2.75) is 32.9 Å². The van der Waals surface area contributed by atoms with Gasteiger partial charge in [0.2, 0.25) is 5.91 Å². The Morgan fingerprint density at radius 3 is 2.41 bits per heavy atom. The highest BCUT2D eigenvalue weighted by atomic mass is 16.5. The molecule has 0 spiro atoms. The van der Waals surface area contributed by atoms with Crippen molar-refractivity contribution < 1.29 is 9.53 Å². The summed E-state index contributed by atoms with van der Waals surface area (Å²) in [6.07, 6.45) is 1.26.